The van der Waals surface area contributed by atoms with E-state index in [9.17, 15) is 9.59 Å². The number of fused-ring (bicyclic) bond motifs is 1. The molecule has 9 nitrogen and oxygen atoms in total. The third-order valence-corrected chi connectivity index (χ3v) is 4.51. The summed E-state index contributed by atoms with van der Waals surface area (Å²) in [5, 5.41) is 0. The Labute approximate surface area is 184 Å². The van der Waals surface area contributed by atoms with Gasteiger partial charge in [0.1, 0.15) is 0 Å². The van der Waals surface area contributed by atoms with Crippen molar-refractivity contribution in [3.8, 4) is 0 Å². The molecule has 0 unspecified atom stereocenters. The van der Waals surface area contributed by atoms with E-state index in [1.165, 1.54) is 4.90 Å². The SMILES string of the molecule is CN(C)CCOCCOCCOCCOCCOCCN1C(=O)c2ccccc2C1=O. The maximum Gasteiger partial charge on any atom is 0.261 e. The van der Waals surface area contributed by atoms with Crippen LogP contribution in [0.1, 0.15) is 20.7 Å². The van der Waals surface area contributed by atoms with Crippen molar-refractivity contribution in [2.45, 2.75) is 0 Å². The number of benzene rings is 1. The first kappa shape index (κ1) is 25.4. The van der Waals surface area contributed by atoms with E-state index in [1.54, 1.807) is 24.3 Å². The number of imide groups is 1. The third kappa shape index (κ3) is 9.42. The molecule has 2 rings (SSSR count). The highest BCUT2D eigenvalue weighted by molar-refractivity contribution is 6.21. The van der Waals surface area contributed by atoms with Crippen molar-refractivity contribution < 1.29 is 33.3 Å². The van der Waals surface area contributed by atoms with Crippen LogP contribution in [0.5, 0.6) is 0 Å². The van der Waals surface area contributed by atoms with Gasteiger partial charge in [-0.3, -0.25) is 14.5 Å². The summed E-state index contributed by atoms with van der Waals surface area (Å²) in [6.07, 6.45) is 0. The van der Waals surface area contributed by atoms with Gasteiger partial charge in [0.05, 0.1) is 83.7 Å². The van der Waals surface area contributed by atoms with Gasteiger partial charge in [-0.25, -0.2) is 0 Å². The van der Waals surface area contributed by atoms with Crippen molar-refractivity contribution in [2.75, 3.05) is 93.3 Å². The molecule has 1 aromatic carbocycles. The van der Waals surface area contributed by atoms with Gasteiger partial charge in [0.15, 0.2) is 0 Å². The zero-order valence-corrected chi connectivity index (χ0v) is 18.5. The normalized spacial score (nSPS) is 13.5. The van der Waals surface area contributed by atoms with Crippen LogP contribution in [0, 0.1) is 0 Å². The predicted octanol–water partition coefficient (Wildman–Crippen LogP) is 0.927. The van der Waals surface area contributed by atoms with Gasteiger partial charge in [-0.2, -0.15) is 0 Å². The number of hydrogen-bond donors (Lipinski definition) is 0. The molecule has 174 valence electrons. The van der Waals surface area contributed by atoms with Crippen molar-refractivity contribution in [3.63, 3.8) is 0 Å². The molecule has 1 heterocycles. The van der Waals surface area contributed by atoms with E-state index >= 15 is 0 Å². The molecule has 0 saturated heterocycles. The van der Waals surface area contributed by atoms with Crippen molar-refractivity contribution in [3.05, 3.63) is 35.4 Å². The van der Waals surface area contributed by atoms with Crippen LogP contribution in [-0.2, 0) is 23.7 Å². The number of nitrogens with zero attached hydrogens (tertiary/aromatic N) is 2. The van der Waals surface area contributed by atoms with Crippen LogP contribution >= 0.6 is 0 Å². The largest absolute Gasteiger partial charge is 0.378 e. The Hall–Kier alpha value is -1.88. The molecule has 0 aliphatic carbocycles. The summed E-state index contributed by atoms with van der Waals surface area (Å²) in [6.45, 7) is 6.07. The van der Waals surface area contributed by atoms with Gasteiger partial charge in [0.2, 0.25) is 0 Å². The quantitative estimate of drug-likeness (QED) is 0.247. The molecule has 0 spiro atoms. The first-order valence-electron chi connectivity index (χ1n) is 10.6. The fraction of sp³-hybridized carbons (Fsp3) is 0.636. The second kappa shape index (κ2) is 15.0. The minimum Gasteiger partial charge on any atom is -0.378 e. The lowest BCUT2D eigenvalue weighted by molar-refractivity contribution is -0.0124. The molecule has 0 radical (unpaired) electrons. The summed E-state index contributed by atoms with van der Waals surface area (Å²) in [5.74, 6) is -0.531. The van der Waals surface area contributed by atoms with Crippen LogP contribution in [-0.4, -0.2) is 115 Å². The molecule has 0 aromatic heterocycles. The van der Waals surface area contributed by atoms with Crippen molar-refractivity contribution in [1.82, 2.24) is 9.80 Å². The monoisotopic (exact) mass is 438 g/mol. The summed E-state index contributed by atoms with van der Waals surface area (Å²) >= 11 is 0. The van der Waals surface area contributed by atoms with Gasteiger partial charge in [-0.15, -0.1) is 0 Å². The Kier molecular flexibility index (Phi) is 12.3. The molecular formula is C22H34N2O7. The Morgan fingerprint density at radius 2 is 1.03 bits per heavy atom. The average molecular weight is 439 g/mol. The van der Waals surface area contributed by atoms with E-state index in [-0.39, 0.29) is 25.0 Å². The van der Waals surface area contributed by atoms with Gasteiger partial charge < -0.3 is 28.6 Å². The maximum atomic E-state index is 12.2. The molecule has 2 amide bonds. The second-order valence-corrected chi connectivity index (χ2v) is 7.17. The lowest BCUT2D eigenvalue weighted by Crippen LogP contribution is -2.33. The Morgan fingerprint density at radius 1 is 0.645 bits per heavy atom. The van der Waals surface area contributed by atoms with Crippen molar-refractivity contribution in [1.29, 1.82) is 0 Å². The molecule has 1 aliphatic heterocycles. The topological polar surface area (TPSA) is 86.8 Å². The number of carbonyl (C=O) groups excluding carboxylic acids is 2. The number of rotatable bonds is 18. The van der Waals surface area contributed by atoms with E-state index in [0.717, 1.165) is 6.54 Å². The van der Waals surface area contributed by atoms with Gasteiger partial charge >= 0.3 is 0 Å². The minimum absolute atomic E-state index is 0.232. The summed E-state index contributed by atoms with van der Waals surface area (Å²) < 4.78 is 27.1. The fourth-order valence-corrected chi connectivity index (χ4v) is 2.83. The summed E-state index contributed by atoms with van der Waals surface area (Å²) in [7, 11) is 4.02. The minimum atomic E-state index is -0.265. The van der Waals surface area contributed by atoms with Gasteiger partial charge in [0.25, 0.3) is 11.8 Å². The molecule has 31 heavy (non-hydrogen) atoms. The Balaban J connectivity index is 1.34. The number of likely N-dealkylation sites (N-methyl/N-ethyl adjacent to an activating group) is 1. The van der Waals surface area contributed by atoms with Gasteiger partial charge in [-0.05, 0) is 26.2 Å². The first-order chi connectivity index (χ1) is 15.1. The fourth-order valence-electron chi connectivity index (χ4n) is 2.83. The smallest absolute Gasteiger partial charge is 0.261 e. The molecule has 0 saturated carbocycles. The van der Waals surface area contributed by atoms with Crippen LogP contribution in [0.15, 0.2) is 24.3 Å². The molecule has 0 atom stereocenters. The van der Waals surface area contributed by atoms with E-state index in [2.05, 4.69) is 4.90 Å². The van der Waals surface area contributed by atoms with E-state index < -0.39 is 0 Å². The van der Waals surface area contributed by atoms with E-state index in [4.69, 9.17) is 23.7 Å². The summed E-state index contributed by atoms with van der Waals surface area (Å²) in [5.41, 5.74) is 0.907. The molecule has 1 aromatic rings. The number of ether oxygens (including phenoxy) is 5. The van der Waals surface area contributed by atoms with E-state index in [0.29, 0.717) is 70.6 Å². The highest BCUT2D eigenvalue weighted by Crippen LogP contribution is 2.21. The lowest BCUT2D eigenvalue weighted by Gasteiger charge is -2.13. The average Bonchev–Trinajstić information content (AvgIpc) is 3.00. The van der Waals surface area contributed by atoms with Crippen LogP contribution in [0.2, 0.25) is 0 Å². The zero-order chi connectivity index (χ0) is 22.3. The predicted molar refractivity (Wildman–Crippen MR) is 114 cm³/mol. The molecule has 1 aliphatic rings. The lowest BCUT2D eigenvalue weighted by atomic mass is 10.1. The highest BCUT2D eigenvalue weighted by Gasteiger charge is 2.34. The molecule has 0 fully saturated rings. The molecule has 9 heteroatoms. The number of carbonyl (C=O) groups is 2. The zero-order valence-electron chi connectivity index (χ0n) is 18.5. The van der Waals surface area contributed by atoms with E-state index in [1.807, 2.05) is 14.1 Å². The number of hydrogen-bond acceptors (Lipinski definition) is 8. The maximum absolute atomic E-state index is 12.2. The standard InChI is InChI=1S/C22H34N2O7/c1-23(2)7-9-27-11-13-29-15-17-31-18-16-30-14-12-28-10-8-24-21(25)19-5-3-4-6-20(19)22(24)26/h3-6H,7-18H2,1-2H3. The van der Waals surface area contributed by atoms with Crippen molar-refractivity contribution in [2.24, 2.45) is 0 Å². The summed E-state index contributed by atoms with van der Waals surface area (Å²) in [6, 6.07) is 6.84. The molecular weight excluding hydrogens is 404 g/mol. The van der Waals surface area contributed by atoms with Crippen molar-refractivity contribution >= 4 is 11.8 Å². The molecule has 0 N–H and O–H groups in total. The Morgan fingerprint density at radius 3 is 1.45 bits per heavy atom. The van der Waals surface area contributed by atoms with Crippen LogP contribution in [0.4, 0.5) is 0 Å². The highest BCUT2D eigenvalue weighted by atomic mass is 16.6. The number of amides is 2. The second-order valence-electron chi connectivity index (χ2n) is 7.17. The summed E-state index contributed by atoms with van der Waals surface area (Å²) in [4.78, 5) is 27.7. The third-order valence-electron chi connectivity index (χ3n) is 4.51. The van der Waals surface area contributed by atoms with Gasteiger partial charge in [0, 0.05) is 6.54 Å². The van der Waals surface area contributed by atoms with Gasteiger partial charge in [-0.1, -0.05) is 12.1 Å². The van der Waals surface area contributed by atoms with Crippen LogP contribution in [0.25, 0.3) is 0 Å². The first-order valence-corrected chi connectivity index (χ1v) is 10.6. The Bertz CT molecular complexity index is 634. The van der Waals surface area contributed by atoms with Crippen LogP contribution in [0.3, 0.4) is 0 Å². The van der Waals surface area contributed by atoms with Crippen LogP contribution < -0.4 is 0 Å². The molecule has 0 bridgehead atoms.